The number of carbonyl (C=O) groups excluding carboxylic acids is 2. The van der Waals surface area contributed by atoms with E-state index in [0.717, 1.165) is 19.3 Å². The minimum Gasteiger partial charge on any atom is -0.307 e. The molecule has 4 heteroatoms. The Bertz CT molecular complexity index is 416. The summed E-state index contributed by atoms with van der Waals surface area (Å²) >= 11 is 0. The summed E-state index contributed by atoms with van der Waals surface area (Å²) in [6.45, 7) is 0.761. The summed E-state index contributed by atoms with van der Waals surface area (Å²) in [5, 5.41) is 3.02. The lowest BCUT2D eigenvalue weighted by atomic mass is 9.85. The van der Waals surface area contributed by atoms with Gasteiger partial charge in [-0.25, -0.2) is 4.39 Å². The lowest BCUT2D eigenvalue weighted by molar-refractivity contribution is -0.110. The molecule has 1 fully saturated rings. The maximum atomic E-state index is 12.8. The van der Waals surface area contributed by atoms with Crippen LogP contribution in [-0.2, 0) is 4.79 Å². The van der Waals surface area contributed by atoms with Crippen molar-refractivity contribution in [2.75, 3.05) is 6.54 Å². The van der Waals surface area contributed by atoms with Crippen molar-refractivity contribution in [1.82, 2.24) is 5.32 Å². The van der Waals surface area contributed by atoms with E-state index in [2.05, 4.69) is 5.32 Å². The molecule has 0 aliphatic carbocycles. The molecule has 0 aromatic heterocycles. The van der Waals surface area contributed by atoms with Gasteiger partial charge in [0.25, 0.3) is 0 Å². The molecule has 1 aliphatic heterocycles. The monoisotopic (exact) mass is 235 g/mol. The summed E-state index contributed by atoms with van der Waals surface area (Å²) in [7, 11) is 0. The van der Waals surface area contributed by atoms with E-state index in [9.17, 15) is 14.0 Å². The van der Waals surface area contributed by atoms with Gasteiger partial charge in [0.1, 0.15) is 12.1 Å². The molecule has 2 atom stereocenters. The molecule has 1 heterocycles. The molecule has 1 N–H and O–H groups in total. The third kappa shape index (κ3) is 2.58. The lowest BCUT2D eigenvalue weighted by Gasteiger charge is -2.27. The highest BCUT2D eigenvalue weighted by molar-refractivity contribution is 5.99. The van der Waals surface area contributed by atoms with Crippen molar-refractivity contribution in [3.05, 3.63) is 35.6 Å². The fourth-order valence-electron chi connectivity index (χ4n) is 2.18. The third-order valence-corrected chi connectivity index (χ3v) is 3.12. The molecular weight excluding hydrogens is 221 g/mol. The summed E-state index contributed by atoms with van der Waals surface area (Å²) in [4.78, 5) is 23.0. The van der Waals surface area contributed by atoms with Gasteiger partial charge in [-0.05, 0) is 43.7 Å². The van der Waals surface area contributed by atoms with Crippen LogP contribution in [0.3, 0.4) is 0 Å². The zero-order valence-electron chi connectivity index (χ0n) is 9.36. The molecule has 1 aromatic carbocycles. The van der Waals surface area contributed by atoms with Crippen LogP contribution in [0.4, 0.5) is 4.39 Å². The molecule has 0 amide bonds. The van der Waals surface area contributed by atoms with E-state index in [1.807, 2.05) is 0 Å². The Morgan fingerprint density at radius 1 is 1.35 bits per heavy atom. The van der Waals surface area contributed by atoms with Gasteiger partial charge in [-0.3, -0.25) is 4.79 Å². The average Bonchev–Trinajstić information content (AvgIpc) is 2.39. The van der Waals surface area contributed by atoms with Crippen molar-refractivity contribution in [1.29, 1.82) is 0 Å². The van der Waals surface area contributed by atoms with Crippen molar-refractivity contribution in [3.63, 3.8) is 0 Å². The van der Waals surface area contributed by atoms with Gasteiger partial charge in [0.2, 0.25) is 0 Å². The van der Waals surface area contributed by atoms with E-state index in [4.69, 9.17) is 0 Å². The average molecular weight is 235 g/mol. The van der Waals surface area contributed by atoms with E-state index in [1.54, 1.807) is 0 Å². The lowest BCUT2D eigenvalue weighted by Crippen LogP contribution is -2.45. The number of hydrogen-bond donors (Lipinski definition) is 1. The van der Waals surface area contributed by atoms with E-state index in [0.29, 0.717) is 12.0 Å². The van der Waals surface area contributed by atoms with Crippen LogP contribution in [0.2, 0.25) is 0 Å². The summed E-state index contributed by atoms with van der Waals surface area (Å²) in [5.74, 6) is -0.781. The Balaban J connectivity index is 2.18. The van der Waals surface area contributed by atoms with Crippen LogP contribution in [-0.4, -0.2) is 24.7 Å². The first-order valence-corrected chi connectivity index (χ1v) is 5.71. The summed E-state index contributed by atoms with van der Waals surface area (Å²) in [6.07, 6.45) is 2.36. The number of Topliss-reactive ketones (excluding diaryl/α,β-unsaturated/α-hetero) is 1. The van der Waals surface area contributed by atoms with Crippen LogP contribution in [0.15, 0.2) is 24.3 Å². The minimum absolute atomic E-state index is 0.0886. The number of nitrogens with one attached hydrogen (secondary N) is 1. The normalized spacial score (nSPS) is 24.3. The van der Waals surface area contributed by atoms with Crippen molar-refractivity contribution < 1.29 is 14.0 Å². The van der Waals surface area contributed by atoms with Crippen LogP contribution in [0, 0.1) is 11.7 Å². The highest BCUT2D eigenvalue weighted by Crippen LogP contribution is 2.20. The predicted octanol–water partition coefficient (Wildman–Crippen LogP) is 1.58. The molecule has 1 aromatic rings. The molecule has 0 spiro atoms. The molecular formula is C13H14FNO2. The topological polar surface area (TPSA) is 46.2 Å². The largest absolute Gasteiger partial charge is 0.307 e. The van der Waals surface area contributed by atoms with Crippen molar-refractivity contribution >= 4 is 12.1 Å². The van der Waals surface area contributed by atoms with E-state index in [-0.39, 0.29) is 17.5 Å². The molecule has 0 radical (unpaired) electrons. The zero-order valence-corrected chi connectivity index (χ0v) is 9.36. The predicted molar refractivity (Wildman–Crippen MR) is 61.3 cm³/mol. The molecule has 1 aliphatic rings. The van der Waals surface area contributed by atoms with Crippen LogP contribution in [0.1, 0.15) is 23.2 Å². The summed E-state index contributed by atoms with van der Waals surface area (Å²) in [6, 6.07) is 5.04. The highest BCUT2D eigenvalue weighted by Gasteiger charge is 2.30. The van der Waals surface area contributed by atoms with Crippen LogP contribution in [0.5, 0.6) is 0 Å². The quantitative estimate of drug-likeness (QED) is 0.639. The summed E-state index contributed by atoms with van der Waals surface area (Å²) in [5.41, 5.74) is 0.465. The zero-order chi connectivity index (χ0) is 12.3. The van der Waals surface area contributed by atoms with Gasteiger partial charge in [0.05, 0.1) is 6.04 Å². The van der Waals surface area contributed by atoms with Gasteiger partial charge in [0, 0.05) is 11.5 Å². The second-order valence-electron chi connectivity index (χ2n) is 4.24. The molecule has 0 bridgehead atoms. The van der Waals surface area contributed by atoms with Gasteiger partial charge in [-0.2, -0.15) is 0 Å². The summed E-state index contributed by atoms with van der Waals surface area (Å²) < 4.78 is 12.8. The molecule has 3 nitrogen and oxygen atoms in total. The second kappa shape index (κ2) is 5.19. The molecule has 1 unspecified atom stereocenters. The van der Waals surface area contributed by atoms with E-state index < -0.39 is 6.04 Å². The van der Waals surface area contributed by atoms with Crippen molar-refractivity contribution in [2.24, 2.45) is 5.92 Å². The van der Waals surface area contributed by atoms with E-state index >= 15 is 0 Å². The Hall–Kier alpha value is -1.55. The molecule has 1 saturated heterocycles. The van der Waals surface area contributed by atoms with Gasteiger partial charge >= 0.3 is 0 Å². The molecule has 2 rings (SSSR count). The van der Waals surface area contributed by atoms with Crippen molar-refractivity contribution in [2.45, 2.75) is 18.9 Å². The smallest absolute Gasteiger partial charge is 0.167 e. The fraction of sp³-hybridized carbons (Fsp3) is 0.385. The Morgan fingerprint density at radius 2 is 2.06 bits per heavy atom. The first-order chi connectivity index (χ1) is 8.22. The Kier molecular flexibility index (Phi) is 3.64. The fourth-order valence-corrected chi connectivity index (χ4v) is 2.18. The van der Waals surface area contributed by atoms with Crippen LogP contribution < -0.4 is 5.32 Å². The van der Waals surface area contributed by atoms with Crippen molar-refractivity contribution in [3.8, 4) is 0 Å². The number of piperidine rings is 1. The minimum atomic E-state index is -0.415. The number of carbonyl (C=O) groups is 2. The van der Waals surface area contributed by atoms with E-state index in [1.165, 1.54) is 24.3 Å². The van der Waals surface area contributed by atoms with Crippen LogP contribution >= 0.6 is 0 Å². The number of benzene rings is 1. The number of aldehydes is 1. The number of hydrogen-bond acceptors (Lipinski definition) is 3. The maximum Gasteiger partial charge on any atom is 0.167 e. The van der Waals surface area contributed by atoms with Gasteiger partial charge in [-0.1, -0.05) is 0 Å². The van der Waals surface area contributed by atoms with Gasteiger partial charge in [0.15, 0.2) is 5.78 Å². The van der Waals surface area contributed by atoms with Gasteiger partial charge < -0.3 is 10.1 Å². The SMILES string of the molecule is O=CC1NCCC[C@@H]1C(=O)c1ccc(F)cc1. The second-order valence-corrected chi connectivity index (χ2v) is 4.24. The van der Waals surface area contributed by atoms with Crippen LogP contribution in [0.25, 0.3) is 0 Å². The first kappa shape index (κ1) is 11.9. The standard InChI is InChI=1S/C13H14FNO2/c14-10-5-3-9(4-6-10)13(17)11-2-1-7-15-12(11)8-16/h3-6,8,11-12,15H,1-2,7H2/t11-,12?/m0/s1. The van der Waals surface area contributed by atoms with Gasteiger partial charge in [-0.15, -0.1) is 0 Å². The molecule has 90 valence electrons. The Morgan fingerprint density at radius 3 is 2.71 bits per heavy atom. The Labute approximate surface area is 99.0 Å². The first-order valence-electron chi connectivity index (χ1n) is 5.71. The molecule has 0 saturated carbocycles. The number of ketones is 1. The highest BCUT2D eigenvalue weighted by atomic mass is 19.1. The number of rotatable bonds is 3. The third-order valence-electron chi connectivity index (χ3n) is 3.12. The number of halogens is 1. The maximum absolute atomic E-state index is 12.8. The molecule has 17 heavy (non-hydrogen) atoms.